The zero-order valence-electron chi connectivity index (χ0n) is 26.3. The van der Waals surface area contributed by atoms with Gasteiger partial charge in [0.15, 0.2) is 6.10 Å². The third-order valence-electron chi connectivity index (χ3n) is 7.13. The molecule has 7 nitrogen and oxygen atoms in total. The van der Waals surface area contributed by atoms with Crippen LogP contribution in [0.5, 0.6) is 0 Å². The van der Waals surface area contributed by atoms with Crippen LogP contribution in [0.3, 0.4) is 0 Å². The first-order chi connectivity index (χ1) is 18.8. The van der Waals surface area contributed by atoms with Crippen LogP contribution >= 0.6 is 7.94 Å². The molecule has 0 spiro atoms. The van der Waals surface area contributed by atoms with E-state index in [-0.39, 0.29) is 49.0 Å². The van der Waals surface area contributed by atoms with E-state index in [4.69, 9.17) is 9.47 Å². The van der Waals surface area contributed by atoms with E-state index < -0.39 is 32.1 Å². The van der Waals surface area contributed by atoms with Crippen molar-refractivity contribution in [2.75, 3.05) is 12.8 Å². The molecule has 0 amide bonds. The van der Waals surface area contributed by atoms with Crippen LogP contribution in [0.4, 0.5) is 0 Å². The van der Waals surface area contributed by atoms with E-state index in [2.05, 4.69) is 13.8 Å². The SMILES string of the molecule is CCCCCCCCCCCCCC(=O)OC[C@H](C[P+]([O-])([O-])O)OC(=O)CCCCCCCCCCCCC.[Na+]. The zero-order valence-corrected chi connectivity index (χ0v) is 29.2. The van der Waals surface area contributed by atoms with Crippen molar-refractivity contribution in [3.05, 3.63) is 0 Å². The van der Waals surface area contributed by atoms with Gasteiger partial charge in [0.1, 0.15) is 12.8 Å². The van der Waals surface area contributed by atoms with Crippen LogP contribution in [-0.4, -0.2) is 35.7 Å². The molecule has 232 valence electrons. The standard InChI is InChI=1S/C31H61O7P.Na/c1-3-5-7-9-11-13-15-17-19-21-23-25-30(32)37-27-29(28-39(34,35)36)38-31(33)26-24-22-20-18-16-14-12-10-8-6-4-2;/h29H,3-28H2,1-2H3,(H2,34,35,36);/q;+1/p-1/t29-;/m1./s1. The minimum absolute atomic E-state index is 0. The summed E-state index contributed by atoms with van der Waals surface area (Å²) in [5.41, 5.74) is 0. The van der Waals surface area contributed by atoms with Gasteiger partial charge in [-0.2, -0.15) is 0 Å². The average Bonchev–Trinajstić information content (AvgIpc) is 2.88. The summed E-state index contributed by atoms with van der Waals surface area (Å²) in [5.74, 6) is -0.957. The molecule has 0 radical (unpaired) electrons. The van der Waals surface area contributed by atoms with E-state index >= 15 is 0 Å². The topological polar surface area (TPSA) is 119 Å². The normalized spacial score (nSPS) is 12.1. The Bertz CT molecular complexity index is 572. The number of rotatable bonds is 29. The fourth-order valence-electron chi connectivity index (χ4n) is 4.75. The molecule has 0 aromatic carbocycles. The van der Waals surface area contributed by atoms with Gasteiger partial charge in [0, 0.05) is 20.8 Å². The van der Waals surface area contributed by atoms with Crippen molar-refractivity contribution >= 4 is 19.9 Å². The molecule has 0 heterocycles. The number of hydrogen-bond acceptors (Lipinski definition) is 7. The molecule has 0 saturated heterocycles. The Morgan fingerprint density at radius 1 is 0.600 bits per heavy atom. The fraction of sp³-hybridized carbons (Fsp3) is 0.935. The van der Waals surface area contributed by atoms with E-state index in [1.54, 1.807) is 0 Å². The van der Waals surface area contributed by atoms with Crippen LogP contribution < -0.4 is 39.3 Å². The summed E-state index contributed by atoms with van der Waals surface area (Å²) in [6.45, 7) is 4.10. The van der Waals surface area contributed by atoms with Crippen LogP contribution in [-0.2, 0) is 19.1 Å². The van der Waals surface area contributed by atoms with E-state index in [9.17, 15) is 24.3 Å². The van der Waals surface area contributed by atoms with Crippen molar-refractivity contribution in [3.63, 3.8) is 0 Å². The zero-order chi connectivity index (χ0) is 29.0. The number of hydrogen-bond donors (Lipinski definition) is 1. The predicted molar refractivity (Wildman–Crippen MR) is 157 cm³/mol. The number of carbonyl (C=O) groups is 2. The predicted octanol–water partition coefficient (Wildman–Crippen LogP) is 4.32. The Labute approximate surface area is 268 Å². The Balaban J connectivity index is 0. The maximum Gasteiger partial charge on any atom is 1.00 e. The monoisotopic (exact) mass is 598 g/mol. The molecule has 0 aromatic rings. The third kappa shape index (κ3) is 32.8. The Hall–Kier alpha value is 0.250. The van der Waals surface area contributed by atoms with Crippen LogP contribution in [0.1, 0.15) is 168 Å². The second kappa shape index (κ2) is 30.7. The van der Waals surface area contributed by atoms with Crippen molar-refractivity contribution in [2.45, 2.75) is 174 Å². The first-order valence-electron chi connectivity index (χ1n) is 16.2. The third-order valence-corrected chi connectivity index (χ3v) is 8.00. The van der Waals surface area contributed by atoms with Crippen molar-refractivity contribution in [1.29, 1.82) is 0 Å². The van der Waals surface area contributed by atoms with Gasteiger partial charge >= 0.3 is 41.5 Å². The minimum atomic E-state index is -4.66. The summed E-state index contributed by atoms with van der Waals surface area (Å²) >= 11 is 0. The molecule has 0 saturated carbocycles. The number of carbonyl (C=O) groups excluding carboxylic acids is 2. The van der Waals surface area contributed by atoms with Gasteiger partial charge in [-0.3, -0.25) is 14.5 Å². The molecule has 1 atom stereocenters. The second-order valence-corrected chi connectivity index (χ2v) is 12.8. The Morgan fingerprint density at radius 3 is 1.27 bits per heavy atom. The van der Waals surface area contributed by atoms with Gasteiger partial charge in [0.2, 0.25) is 0 Å². The van der Waals surface area contributed by atoms with Gasteiger partial charge in [-0.25, -0.2) is 0 Å². The molecule has 9 heteroatoms. The van der Waals surface area contributed by atoms with Crippen molar-refractivity contribution in [1.82, 2.24) is 0 Å². The summed E-state index contributed by atoms with van der Waals surface area (Å²) in [6.07, 6.45) is 24.4. The summed E-state index contributed by atoms with van der Waals surface area (Å²) in [4.78, 5) is 56.2. The molecular formula is C31H60NaO7P. The first-order valence-corrected chi connectivity index (χ1v) is 17.9. The summed E-state index contributed by atoms with van der Waals surface area (Å²) < 4.78 is 10.4. The molecule has 1 N–H and O–H groups in total. The molecule has 40 heavy (non-hydrogen) atoms. The summed E-state index contributed by atoms with van der Waals surface area (Å²) in [7, 11) is -4.66. The van der Waals surface area contributed by atoms with E-state index in [1.807, 2.05) is 0 Å². The maximum atomic E-state index is 12.2. The fourth-order valence-corrected chi connectivity index (χ4v) is 5.45. The van der Waals surface area contributed by atoms with Gasteiger partial charge in [0.05, 0.1) is 0 Å². The molecule has 0 aliphatic rings. The van der Waals surface area contributed by atoms with Crippen LogP contribution in [0.2, 0.25) is 0 Å². The Morgan fingerprint density at radius 2 is 0.925 bits per heavy atom. The molecular weight excluding hydrogens is 538 g/mol. The molecule has 0 fully saturated rings. The molecule has 0 bridgehead atoms. The molecule has 0 aliphatic heterocycles. The van der Waals surface area contributed by atoms with E-state index in [1.165, 1.54) is 96.3 Å². The summed E-state index contributed by atoms with van der Waals surface area (Å²) in [5, 5.41) is 0. The van der Waals surface area contributed by atoms with Crippen molar-refractivity contribution < 1.29 is 63.3 Å². The molecule has 0 aromatic heterocycles. The Kier molecular flexibility index (Phi) is 32.5. The quantitative estimate of drug-likeness (QED) is 0.0589. The first kappa shape index (κ1) is 42.4. The molecule has 0 aliphatic carbocycles. The van der Waals surface area contributed by atoms with Gasteiger partial charge in [0.25, 0.3) is 0 Å². The second-order valence-electron chi connectivity index (χ2n) is 11.2. The van der Waals surface area contributed by atoms with Crippen LogP contribution in [0.15, 0.2) is 0 Å². The number of ether oxygens (including phenoxy) is 2. The maximum absolute atomic E-state index is 12.2. The van der Waals surface area contributed by atoms with Gasteiger partial charge in [-0.1, -0.05) is 142 Å². The van der Waals surface area contributed by atoms with Gasteiger partial charge in [-0.05, 0) is 12.8 Å². The van der Waals surface area contributed by atoms with Gasteiger partial charge in [-0.15, -0.1) is 0 Å². The summed E-state index contributed by atoms with van der Waals surface area (Å²) in [6, 6.07) is 0. The van der Waals surface area contributed by atoms with E-state index in [0.717, 1.165) is 38.5 Å². The largest absolute Gasteiger partial charge is 1.00 e. The van der Waals surface area contributed by atoms with Gasteiger partial charge < -0.3 is 19.3 Å². The average molecular weight is 599 g/mol. The molecule has 0 rings (SSSR count). The molecule has 0 unspecified atom stereocenters. The minimum Gasteiger partial charge on any atom is -0.659 e. The van der Waals surface area contributed by atoms with E-state index in [0.29, 0.717) is 6.42 Å². The number of esters is 2. The number of unbranched alkanes of at least 4 members (excludes halogenated alkanes) is 20. The smallest absolute Gasteiger partial charge is 0.659 e. The van der Waals surface area contributed by atoms with Crippen molar-refractivity contribution in [2.24, 2.45) is 0 Å². The van der Waals surface area contributed by atoms with Crippen molar-refractivity contribution in [3.8, 4) is 0 Å². The van der Waals surface area contributed by atoms with Crippen LogP contribution in [0.25, 0.3) is 0 Å². The van der Waals surface area contributed by atoms with Crippen LogP contribution in [0, 0.1) is 0 Å².